The van der Waals surface area contributed by atoms with E-state index in [0.717, 1.165) is 17.4 Å². The second-order valence-corrected chi connectivity index (χ2v) is 8.75. The predicted molar refractivity (Wildman–Crippen MR) is 109 cm³/mol. The molecule has 1 atom stereocenters. The van der Waals surface area contributed by atoms with Gasteiger partial charge in [0.2, 0.25) is 22.7 Å². The number of sulfonamides is 1. The molecule has 0 bridgehead atoms. The Morgan fingerprint density at radius 2 is 1.75 bits per heavy atom. The van der Waals surface area contributed by atoms with Crippen LogP contribution in [0.25, 0.3) is 0 Å². The lowest BCUT2D eigenvalue weighted by molar-refractivity contribution is -0.117. The molecule has 28 heavy (non-hydrogen) atoms. The highest BCUT2D eigenvalue weighted by molar-refractivity contribution is 7.92. The number of hydrogen-bond donors (Lipinski definition) is 1. The number of nitrogens with zero attached hydrogens (tertiary/aromatic N) is 1. The van der Waals surface area contributed by atoms with Crippen LogP contribution in [0.15, 0.2) is 36.4 Å². The average Bonchev–Trinajstić information content (AvgIpc) is 3.05. The maximum Gasteiger partial charge on any atom is 0.248 e. The molecule has 0 saturated heterocycles. The number of nitrogens with one attached hydrogen (secondary N) is 1. The van der Waals surface area contributed by atoms with Gasteiger partial charge in [-0.25, -0.2) is 8.42 Å². The first-order chi connectivity index (χ1) is 13.2. The molecule has 2 aromatic carbocycles. The summed E-state index contributed by atoms with van der Waals surface area (Å²) >= 11 is 0. The van der Waals surface area contributed by atoms with Crippen LogP contribution in [0.1, 0.15) is 24.5 Å². The molecule has 0 saturated carbocycles. The van der Waals surface area contributed by atoms with Crippen LogP contribution >= 0.6 is 0 Å². The van der Waals surface area contributed by atoms with Crippen LogP contribution in [0.3, 0.4) is 0 Å². The number of rotatable bonds is 6. The molecule has 0 unspecified atom stereocenters. The van der Waals surface area contributed by atoms with Gasteiger partial charge in [-0.2, -0.15) is 0 Å². The molecule has 0 aromatic heterocycles. The molecular formula is C20H24N2O5S. The number of carbonyl (C=O) groups is 1. The highest BCUT2D eigenvalue weighted by Gasteiger charge is 2.32. The molecule has 150 valence electrons. The minimum absolute atomic E-state index is 0.138. The number of carbonyl (C=O) groups excluding carboxylic acids is 1. The predicted octanol–water partition coefficient (Wildman–Crippen LogP) is 3.22. The van der Waals surface area contributed by atoms with E-state index in [9.17, 15) is 13.2 Å². The molecule has 0 fully saturated rings. The van der Waals surface area contributed by atoms with Crippen LogP contribution in [0.5, 0.6) is 11.5 Å². The van der Waals surface area contributed by atoms with Crippen LogP contribution in [0.2, 0.25) is 0 Å². The zero-order valence-electron chi connectivity index (χ0n) is 16.4. The molecule has 0 spiro atoms. The lowest BCUT2D eigenvalue weighted by Crippen LogP contribution is -2.47. The first kappa shape index (κ1) is 20.0. The number of benzene rings is 2. The molecular weight excluding hydrogens is 380 g/mol. The molecule has 8 heteroatoms. The minimum atomic E-state index is -3.68. The van der Waals surface area contributed by atoms with Gasteiger partial charge in [-0.1, -0.05) is 13.0 Å². The summed E-state index contributed by atoms with van der Waals surface area (Å²) < 4.78 is 36.9. The molecule has 1 amide bonds. The molecule has 1 aliphatic rings. The second kappa shape index (κ2) is 7.71. The third kappa shape index (κ3) is 4.22. The van der Waals surface area contributed by atoms with Gasteiger partial charge in [0.25, 0.3) is 0 Å². The summed E-state index contributed by atoms with van der Waals surface area (Å²) in [6, 6.07) is 9.67. The van der Waals surface area contributed by atoms with Gasteiger partial charge in [0, 0.05) is 11.8 Å². The number of fused-ring (bicyclic) bond motifs is 1. The van der Waals surface area contributed by atoms with E-state index < -0.39 is 22.0 Å². The van der Waals surface area contributed by atoms with Crippen molar-refractivity contribution in [2.24, 2.45) is 0 Å². The Bertz CT molecular complexity index is 983. The van der Waals surface area contributed by atoms with E-state index in [4.69, 9.17) is 9.47 Å². The van der Waals surface area contributed by atoms with Crippen molar-refractivity contribution in [1.29, 1.82) is 0 Å². The Morgan fingerprint density at radius 3 is 2.36 bits per heavy atom. The van der Waals surface area contributed by atoms with Crippen molar-refractivity contribution in [1.82, 2.24) is 0 Å². The molecule has 1 aliphatic heterocycles. The summed E-state index contributed by atoms with van der Waals surface area (Å²) in [7, 11) is -3.68. The van der Waals surface area contributed by atoms with E-state index >= 15 is 0 Å². The minimum Gasteiger partial charge on any atom is -0.454 e. The van der Waals surface area contributed by atoms with Gasteiger partial charge in [0.1, 0.15) is 6.04 Å². The Morgan fingerprint density at radius 1 is 1.11 bits per heavy atom. The lowest BCUT2D eigenvalue weighted by Gasteiger charge is -2.30. The molecule has 1 N–H and O–H groups in total. The van der Waals surface area contributed by atoms with E-state index in [2.05, 4.69) is 5.32 Å². The van der Waals surface area contributed by atoms with E-state index in [1.165, 1.54) is 4.31 Å². The standard InChI is InChI=1S/C20H24N2O5S/c1-5-17(20(23)21-15-6-7-18-19(11-15)27-12-26-18)22(28(4,24)25)16-9-13(2)8-14(3)10-16/h6-11,17H,5,12H2,1-4H3,(H,21,23)/t17-/m1/s1. The Kier molecular flexibility index (Phi) is 5.51. The lowest BCUT2D eigenvalue weighted by atomic mass is 10.1. The summed E-state index contributed by atoms with van der Waals surface area (Å²) in [5.41, 5.74) is 2.85. The molecule has 3 rings (SSSR count). The third-order valence-corrected chi connectivity index (χ3v) is 5.61. The Balaban J connectivity index is 1.92. The van der Waals surface area contributed by atoms with Gasteiger partial charge in [-0.15, -0.1) is 0 Å². The summed E-state index contributed by atoms with van der Waals surface area (Å²) in [6.07, 6.45) is 1.43. The number of aryl methyl sites for hydroxylation is 2. The molecule has 7 nitrogen and oxygen atoms in total. The SMILES string of the molecule is CC[C@H](C(=O)Nc1ccc2c(c1)OCO2)N(c1cc(C)cc(C)c1)S(C)(=O)=O. The smallest absolute Gasteiger partial charge is 0.248 e. The molecule has 2 aromatic rings. The summed E-state index contributed by atoms with van der Waals surface area (Å²) in [4.78, 5) is 13.0. The van der Waals surface area contributed by atoms with Gasteiger partial charge in [-0.05, 0) is 55.7 Å². The van der Waals surface area contributed by atoms with Crippen LogP contribution in [-0.4, -0.2) is 33.4 Å². The van der Waals surface area contributed by atoms with Gasteiger partial charge in [-0.3, -0.25) is 9.10 Å². The Labute approximate surface area is 165 Å². The highest BCUT2D eigenvalue weighted by atomic mass is 32.2. The van der Waals surface area contributed by atoms with E-state index in [1.54, 1.807) is 37.3 Å². The monoisotopic (exact) mass is 404 g/mol. The van der Waals surface area contributed by atoms with Gasteiger partial charge in [0.15, 0.2) is 11.5 Å². The van der Waals surface area contributed by atoms with Gasteiger partial charge >= 0.3 is 0 Å². The number of anilines is 2. The maximum absolute atomic E-state index is 13.0. The topological polar surface area (TPSA) is 84.9 Å². The first-order valence-electron chi connectivity index (χ1n) is 8.97. The summed E-state index contributed by atoms with van der Waals surface area (Å²) in [6.45, 7) is 5.71. The van der Waals surface area contributed by atoms with Crippen molar-refractivity contribution < 1.29 is 22.7 Å². The molecule has 0 radical (unpaired) electrons. The van der Waals surface area contributed by atoms with E-state index in [0.29, 0.717) is 29.3 Å². The summed E-state index contributed by atoms with van der Waals surface area (Å²) in [5, 5.41) is 2.79. The van der Waals surface area contributed by atoms with Crippen LogP contribution in [0.4, 0.5) is 11.4 Å². The van der Waals surface area contributed by atoms with Crippen LogP contribution in [-0.2, 0) is 14.8 Å². The number of ether oxygens (including phenoxy) is 2. The quantitative estimate of drug-likeness (QED) is 0.799. The van der Waals surface area contributed by atoms with Crippen molar-refractivity contribution in [2.75, 3.05) is 22.7 Å². The zero-order chi connectivity index (χ0) is 20.5. The number of amides is 1. The fourth-order valence-electron chi connectivity index (χ4n) is 3.34. The van der Waals surface area contributed by atoms with Crippen LogP contribution in [0, 0.1) is 13.8 Å². The average molecular weight is 404 g/mol. The van der Waals surface area contributed by atoms with Crippen LogP contribution < -0.4 is 19.1 Å². The fourth-order valence-corrected chi connectivity index (χ4v) is 4.53. The highest BCUT2D eigenvalue weighted by Crippen LogP contribution is 2.34. The number of hydrogen-bond acceptors (Lipinski definition) is 5. The summed E-state index contributed by atoms with van der Waals surface area (Å²) in [5.74, 6) is 0.740. The van der Waals surface area contributed by atoms with E-state index in [-0.39, 0.29) is 6.79 Å². The van der Waals surface area contributed by atoms with Crippen molar-refractivity contribution in [3.63, 3.8) is 0 Å². The normalized spacial score (nSPS) is 13.9. The largest absolute Gasteiger partial charge is 0.454 e. The maximum atomic E-state index is 13.0. The van der Waals surface area contributed by atoms with Gasteiger partial charge in [0.05, 0.1) is 11.9 Å². The van der Waals surface area contributed by atoms with Crippen molar-refractivity contribution >= 4 is 27.3 Å². The Hall–Kier alpha value is -2.74. The first-order valence-corrected chi connectivity index (χ1v) is 10.8. The zero-order valence-corrected chi connectivity index (χ0v) is 17.2. The third-order valence-electron chi connectivity index (χ3n) is 4.43. The van der Waals surface area contributed by atoms with E-state index in [1.807, 2.05) is 19.9 Å². The van der Waals surface area contributed by atoms with Crippen molar-refractivity contribution in [3.8, 4) is 11.5 Å². The van der Waals surface area contributed by atoms with Gasteiger partial charge < -0.3 is 14.8 Å². The fraction of sp³-hybridized carbons (Fsp3) is 0.350. The molecule has 0 aliphatic carbocycles. The molecule has 1 heterocycles. The van der Waals surface area contributed by atoms with Crippen molar-refractivity contribution in [3.05, 3.63) is 47.5 Å². The second-order valence-electron chi connectivity index (χ2n) is 6.89. The van der Waals surface area contributed by atoms with Crippen molar-refractivity contribution in [2.45, 2.75) is 33.2 Å².